The number of nitrogens with zero attached hydrogens (tertiary/aromatic N) is 1. The van der Waals surface area contributed by atoms with Crippen LogP contribution in [-0.4, -0.2) is 33.8 Å². The first-order valence-electron chi connectivity index (χ1n) is 4.94. The second kappa shape index (κ2) is 4.54. The number of hydrogen-bond acceptors (Lipinski definition) is 3. The first-order valence-corrected chi connectivity index (χ1v) is 5.92. The molecule has 0 radical (unpaired) electrons. The van der Waals surface area contributed by atoms with Crippen molar-refractivity contribution in [3.05, 3.63) is 5.73 Å². The van der Waals surface area contributed by atoms with Crippen molar-refractivity contribution >= 4 is 16.8 Å². The number of hydrogen-bond donors (Lipinski definition) is 1. The Hall–Kier alpha value is -0.270. The molecule has 0 saturated heterocycles. The normalized spacial score (nSPS) is 30.1. The molecule has 0 fully saturated rings. The molecule has 0 bridgehead atoms. The average Bonchev–Trinajstić information content (AvgIpc) is 2.59. The lowest BCUT2D eigenvalue weighted by molar-refractivity contribution is -0.245. The monoisotopic (exact) mass is 255 g/mol. The minimum Gasteiger partial charge on any atom is -0.669 e. The molecule has 7 heteroatoms. The van der Waals surface area contributed by atoms with Crippen molar-refractivity contribution in [3.8, 4) is 0 Å². The molecule has 0 saturated carbocycles. The summed E-state index contributed by atoms with van der Waals surface area (Å²) >= 11 is 0.820. The molecule has 16 heavy (non-hydrogen) atoms. The van der Waals surface area contributed by atoms with Gasteiger partial charge in [-0.3, -0.25) is 0 Å². The molecule has 0 aliphatic carbocycles. The fraction of sp³-hybridized carbons (Fsp3) is 0.889. The predicted molar refractivity (Wildman–Crippen MR) is 58.5 cm³/mol. The van der Waals surface area contributed by atoms with E-state index in [1.54, 1.807) is 6.92 Å². The van der Waals surface area contributed by atoms with Crippen LogP contribution in [0.4, 0.5) is 13.2 Å². The molecule has 0 amide bonds. The second-order valence-electron chi connectivity index (χ2n) is 3.92. The second-order valence-corrected chi connectivity index (χ2v) is 4.91. The zero-order chi connectivity index (χ0) is 12.6. The number of nitrogens with one attached hydrogen (secondary N) is 1. The number of halogens is 3. The molecule has 3 atom stereocenters. The van der Waals surface area contributed by atoms with Gasteiger partial charge in [-0.25, -0.2) is 4.99 Å². The van der Waals surface area contributed by atoms with Crippen LogP contribution in [0.3, 0.4) is 0 Å². The molecule has 1 aliphatic heterocycles. The SMILES string of the molecule is CC[C@H](C)[C@H]([NH-])C1=NC(O)(C(F)(F)F)CS1. The molecule has 94 valence electrons. The highest BCUT2D eigenvalue weighted by atomic mass is 32.2. The van der Waals surface area contributed by atoms with E-state index in [0.717, 1.165) is 11.8 Å². The standard InChI is InChI=1S/C9H14F3N2OS/c1-3-5(2)6(13)7-14-8(15,4-16-7)9(10,11)12/h5-6,13,15H,3-4H2,1-2H3/q-1/t5-,6-,8?/m0/s1. The maximum Gasteiger partial charge on any atom is 0.439 e. The van der Waals surface area contributed by atoms with Crippen LogP contribution in [0.15, 0.2) is 4.99 Å². The van der Waals surface area contributed by atoms with E-state index in [2.05, 4.69) is 4.99 Å². The average molecular weight is 255 g/mol. The van der Waals surface area contributed by atoms with Crippen LogP contribution < -0.4 is 0 Å². The van der Waals surface area contributed by atoms with Gasteiger partial charge < -0.3 is 10.8 Å². The van der Waals surface area contributed by atoms with Crippen molar-refractivity contribution < 1.29 is 18.3 Å². The van der Waals surface area contributed by atoms with Crippen molar-refractivity contribution in [2.75, 3.05) is 5.75 Å². The van der Waals surface area contributed by atoms with Gasteiger partial charge in [-0.2, -0.15) is 13.2 Å². The summed E-state index contributed by atoms with van der Waals surface area (Å²) < 4.78 is 37.3. The molecular formula is C9H14F3N2OS-. The number of aliphatic hydroxyl groups is 1. The van der Waals surface area contributed by atoms with E-state index in [1.807, 2.05) is 6.92 Å². The molecule has 0 spiro atoms. The summed E-state index contributed by atoms with van der Waals surface area (Å²) in [6.45, 7) is 3.65. The first-order chi connectivity index (χ1) is 7.21. The van der Waals surface area contributed by atoms with E-state index < -0.39 is 23.7 Å². The largest absolute Gasteiger partial charge is 0.669 e. The van der Waals surface area contributed by atoms with Crippen LogP contribution in [0.2, 0.25) is 0 Å². The Morgan fingerprint density at radius 2 is 2.19 bits per heavy atom. The summed E-state index contributed by atoms with van der Waals surface area (Å²) in [5.74, 6) is -0.612. The van der Waals surface area contributed by atoms with Gasteiger partial charge in [0.15, 0.2) is 0 Å². The van der Waals surface area contributed by atoms with Crippen LogP contribution in [0, 0.1) is 5.92 Å². The van der Waals surface area contributed by atoms with E-state index in [4.69, 9.17) is 5.73 Å². The minimum atomic E-state index is -4.77. The summed E-state index contributed by atoms with van der Waals surface area (Å²) in [6, 6.07) is -0.786. The van der Waals surface area contributed by atoms with Gasteiger partial charge in [0.1, 0.15) is 0 Å². The van der Waals surface area contributed by atoms with Gasteiger partial charge in [0.2, 0.25) is 0 Å². The maximum atomic E-state index is 12.4. The molecule has 2 N–H and O–H groups in total. The van der Waals surface area contributed by atoms with Gasteiger partial charge in [0.05, 0.1) is 10.8 Å². The van der Waals surface area contributed by atoms with Gasteiger partial charge in [-0.1, -0.05) is 32.2 Å². The quantitative estimate of drug-likeness (QED) is 0.843. The van der Waals surface area contributed by atoms with Gasteiger partial charge in [-0.15, -0.1) is 11.8 Å². The molecule has 1 aliphatic rings. The third-order valence-electron chi connectivity index (χ3n) is 2.65. The zero-order valence-electron chi connectivity index (χ0n) is 9.01. The van der Waals surface area contributed by atoms with Crippen LogP contribution >= 0.6 is 11.8 Å². The van der Waals surface area contributed by atoms with E-state index in [1.165, 1.54) is 0 Å². The lowest BCUT2D eigenvalue weighted by atomic mass is 10.0. The summed E-state index contributed by atoms with van der Waals surface area (Å²) in [5.41, 5.74) is 4.73. The Balaban J connectivity index is 2.84. The highest BCUT2D eigenvalue weighted by Gasteiger charge is 2.56. The minimum absolute atomic E-state index is 0.0677. The maximum absolute atomic E-state index is 12.4. The van der Waals surface area contributed by atoms with Gasteiger partial charge in [0, 0.05) is 0 Å². The highest BCUT2D eigenvalue weighted by molar-refractivity contribution is 8.14. The Kier molecular flexibility index (Phi) is 3.91. The van der Waals surface area contributed by atoms with Crippen LogP contribution in [0.25, 0.3) is 5.73 Å². The van der Waals surface area contributed by atoms with Gasteiger partial charge in [0.25, 0.3) is 5.72 Å². The molecule has 0 aromatic carbocycles. The lowest BCUT2D eigenvalue weighted by Gasteiger charge is -2.26. The lowest BCUT2D eigenvalue weighted by Crippen LogP contribution is -2.43. The summed E-state index contributed by atoms with van der Waals surface area (Å²) in [7, 11) is 0. The summed E-state index contributed by atoms with van der Waals surface area (Å²) in [6.07, 6.45) is -4.07. The number of alkyl halides is 3. The van der Waals surface area contributed by atoms with Crippen molar-refractivity contribution in [3.63, 3.8) is 0 Å². The molecule has 0 aromatic rings. The Morgan fingerprint density at radius 1 is 1.62 bits per heavy atom. The van der Waals surface area contributed by atoms with Crippen LogP contribution in [0.5, 0.6) is 0 Å². The van der Waals surface area contributed by atoms with E-state index in [0.29, 0.717) is 6.42 Å². The summed E-state index contributed by atoms with van der Waals surface area (Å²) in [5, 5.41) is 9.36. The van der Waals surface area contributed by atoms with E-state index in [-0.39, 0.29) is 11.0 Å². The predicted octanol–water partition coefficient (Wildman–Crippen LogP) is 2.85. The molecule has 3 nitrogen and oxygen atoms in total. The first kappa shape index (κ1) is 13.8. The smallest absolute Gasteiger partial charge is 0.439 e. The topological polar surface area (TPSA) is 56.4 Å². The Morgan fingerprint density at radius 3 is 2.56 bits per heavy atom. The van der Waals surface area contributed by atoms with Crippen LogP contribution in [0.1, 0.15) is 20.3 Å². The third kappa shape index (κ3) is 2.52. The molecular weight excluding hydrogens is 241 g/mol. The van der Waals surface area contributed by atoms with E-state index >= 15 is 0 Å². The van der Waals surface area contributed by atoms with Crippen molar-refractivity contribution in [1.82, 2.24) is 0 Å². The molecule has 0 aromatic heterocycles. The van der Waals surface area contributed by atoms with Crippen molar-refractivity contribution in [1.29, 1.82) is 0 Å². The Bertz CT molecular complexity index is 295. The Labute approximate surface area is 96.3 Å². The number of aliphatic imine (C=N–C) groups is 1. The van der Waals surface area contributed by atoms with Gasteiger partial charge >= 0.3 is 6.18 Å². The molecule has 1 unspecified atom stereocenters. The number of rotatable bonds is 3. The van der Waals surface area contributed by atoms with Gasteiger partial charge in [-0.05, 0) is 0 Å². The fourth-order valence-corrected chi connectivity index (χ4v) is 2.41. The fourth-order valence-electron chi connectivity index (χ4n) is 1.21. The van der Waals surface area contributed by atoms with Crippen molar-refractivity contribution in [2.24, 2.45) is 10.9 Å². The third-order valence-corrected chi connectivity index (χ3v) is 3.84. The summed E-state index contributed by atoms with van der Waals surface area (Å²) in [4.78, 5) is 3.28. The van der Waals surface area contributed by atoms with E-state index in [9.17, 15) is 18.3 Å². The highest BCUT2D eigenvalue weighted by Crippen LogP contribution is 2.40. The van der Waals surface area contributed by atoms with Crippen molar-refractivity contribution in [2.45, 2.75) is 38.2 Å². The zero-order valence-corrected chi connectivity index (χ0v) is 9.82. The molecule has 1 heterocycles. The molecule has 1 rings (SSSR count). The van der Waals surface area contributed by atoms with Crippen LogP contribution in [-0.2, 0) is 0 Å². The number of thioether (sulfide) groups is 1.